The molecule has 1 N–H and O–H groups in total. The number of hydrogen-bond acceptors (Lipinski definition) is 3. The molecule has 0 bridgehead atoms. The summed E-state index contributed by atoms with van der Waals surface area (Å²) in [6, 6.07) is 8.75. The zero-order valence-corrected chi connectivity index (χ0v) is 12.0. The molecule has 1 aromatic carbocycles. The molecular formula is C15H23N3. The number of aryl methyl sites for hydroxylation is 2. The monoisotopic (exact) mass is 245 g/mol. The molecule has 0 aliphatic carbocycles. The fraction of sp³-hybridized carbons (Fsp3) is 0.533. The first-order valence-electron chi connectivity index (χ1n) is 6.36. The van der Waals surface area contributed by atoms with E-state index in [4.69, 9.17) is 0 Å². The number of nitrogens with zero attached hydrogens (tertiary/aromatic N) is 2. The van der Waals surface area contributed by atoms with E-state index in [0.717, 1.165) is 6.54 Å². The van der Waals surface area contributed by atoms with Crippen LogP contribution < -0.4 is 10.2 Å². The van der Waals surface area contributed by atoms with E-state index in [1.807, 2.05) is 20.9 Å². The van der Waals surface area contributed by atoms with Gasteiger partial charge in [-0.2, -0.15) is 5.26 Å². The summed E-state index contributed by atoms with van der Waals surface area (Å²) in [5.74, 6) is 0. The molecule has 0 aliphatic rings. The molecular weight excluding hydrogens is 222 g/mol. The number of likely N-dealkylation sites (N-methyl/N-ethyl adjacent to an activating group) is 2. The number of nitriles is 1. The summed E-state index contributed by atoms with van der Waals surface area (Å²) >= 11 is 0. The highest BCUT2D eigenvalue weighted by Gasteiger charge is 2.24. The van der Waals surface area contributed by atoms with Crippen molar-refractivity contribution in [1.29, 1.82) is 5.26 Å². The van der Waals surface area contributed by atoms with Crippen LogP contribution in [0.5, 0.6) is 0 Å². The topological polar surface area (TPSA) is 39.1 Å². The van der Waals surface area contributed by atoms with Gasteiger partial charge in [0.2, 0.25) is 0 Å². The number of benzene rings is 1. The normalized spacial score (nSPS) is 13.8. The van der Waals surface area contributed by atoms with Crippen LogP contribution in [0.3, 0.4) is 0 Å². The molecule has 0 radical (unpaired) electrons. The van der Waals surface area contributed by atoms with Gasteiger partial charge in [-0.05, 0) is 38.9 Å². The predicted octanol–water partition coefficient (Wildman–Crippen LogP) is 2.63. The van der Waals surface area contributed by atoms with Crippen molar-refractivity contribution < 1.29 is 0 Å². The molecule has 3 nitrogen and oxygen atoms in total. The molecule has 1 rings (SSSR count). The van der Waals surface area contributed by atoms with Gasteiger partial charge < -0.3 is 4.90 Å². The Morgan fingerprint density at radius 1 is 1.39 bits per heavy atom. The van der Waals surface area contributed by atoms with Crippen molar-refractivity contribution >= 4 is 5.69 Å². The van der Waals surface area contributed by atoms with E-state index in [1.165, 1.54) is 16.8 Å². The van der Waals surface area contributed by atoms with E-state index in [-0.39, 0.29) is 0 Å². The number of rotatable bonds is 5. The van der Waals surface area contributed by atoms with E-state index < -0.39 is 5.54 Å². The van der Waals surface area contributed by atoms with E-state index in [0.29, 0.717) is 6.54 Å². The zero-order valence-electron chi connectivity index (χ0n) is 12.0. The predicted molar refractivity (Wildman–Crippen MR) is 76.9 cm³/mol. The van der Waals surface area contributed by atoms with Gasteiger partial charge in [0.05, 0.1) is 6.07 Å². The van der Waals surface area contributed by atoms with Crippen LogP contribution in [0.1, 0.15) is 25.0 Å². The largest absolute Gasteiger partial charge is 0.371 e. The second-order valence-electron chi connectivity index (χ2n) is 5.12. The lowest BCUT2D eigenvalue weighted by molar-refractivity contribution is 0.462. The molecule has 0 aliphatic heterocycles. The third kappa shape index (κ3) is 3.48. The minimum Gasteiger partial charge on any atom is -0.371 e. The molecule has 18 heavy (non-hydrogen) atoms. The molecule has 1 atom stereocenters. The average Bonchev–Trinajstić information content (AvgIpc) is 2.28. The average molecular weight is 245 g/mol. The van der Waals surface area contributed by atoms with Crippen molar-refractivity contribution in [2.75, 3.05) is 25.0 Å². The zero-order chi connectivity index (χ0) is 13.8. The lowest BCUT2D eigenvalue weighted by Crippen LogP contribution is -2.49. The van der Waals surface area contributed by atoms with Gasteiger partial charge in [0.25, 0.3) is 0 Å². The smallest absolute Gasteiger partial charge is 0.121 e. The van der Waals surface area contributed by atoms with Crippen molar-refractivity contribution in [1.82, 2.24) is 5.32 Å². The Morgan fingerprint density at radius 2 is 2.06 bits per heavy atom. The third-order valence-electron chi connectivity index (χ3n) is 3.13. The van der Waals surface area contributed by atoms with Gasteiger partial charge in [0, 0.05) is 19.3 Å². The lowest BCUT2D eigenvalue weighted by atomic mass is 10.0. The van der Waals surface area contributed by atoms with E-state index in [1.54, 1.807) is 0 Å². The fourth-order valence-electron chi connectivity index (χ4n) is 2.31. The molecule has 0 saturated carbocycles. The lowest BCUT2D eigenvalue weighted by Gasteiger charge is -2.30. The van der Waals surface area contributed by atoms with Crippen LogP contribution in [-0.4, -0.2) is 25.7 Å². The van der Waals surface area contributed by atoms with Gasteiger partial charge in [-0.25, -0.2) is 0 Å². The quantitative estimate of drug-likeness (QED) is 0.866. The highest BCUT2D eigenvalue weighted by Crippen LogP contribution is 2.21. The number of nitrogens with one attached hydrogen (secondary N) is 1. The van der Waals surface area contributed by atoms with Gasteiger partial charge in [-0.1, -0.05) is 24.6 Å². The maximum Gasteiger partial charge on any atom is 0.121 e. The Labute approximate surface area is 110 Å². The van der Waals surface area contributed by atoms with Crippen molar-refractivity contribution in [2.24, 2.45) is 0 Å². The van der Waals surface area contributed by atoms with Crippen molar-refractivity contribution in [3.05, 3.63) is 29.3 Å². The molecule has 98 valence electrons. The SMILES string of the molecule is CCNC(C)(C#N)CN(C)c1ccc(C)cc1C. The Morgan fingerprint density at radius 3 is 2.56 bits per heavy atom. The van der Waals surface area contributed by atoms with E-state index in [9.17, 15) is 5.26 Å². The summed E-state index contributed by atoms with van der Waals surface area (Å²) in [6.45, 7) is 9.62. The molecule has 1 aromatic rings. The first-order chi connectivity index (χ1) is 8.41. The number of anilines is 1. The van der Waals surface area contributed by atoms with Crippen LogP contribution in [0.25, 0.3) is 0 Å². The van der Waals surface area contributed by atoms with Crippen LogP contribution in [-0.2, 0) is 0 Å². The Balaban J connectivity index is 2.88. The second kappa shape index (κ2) is 5.88. The van der Waals surface area contributed by atoms with Crippen molar-refractivity contribution in [3.63, 3.8) is 0 Å². The van der Waals surface area contributed by atoms with E-state index in [2.05, 4.69) is 48.3 Å². The second-order valence-corrected chi connectivity index (χ2v) is 5.12. The van der Waals surface area contributed by atoms with Gasteiger partial charge in [0.1, 0.15) is 5.54 Å². The molecule has 0 spiro atoms. The first kappa shape index (κ1) is 14.5. The maximum atomic E-state index is 9.29. The molecule has 3 heteroatoms. The molecule has 0 amide bonds. The summed E-state index contributed by atoms with van der Waals surface area (Å²) in [5.41, 5.74) is 3.18. The summed E-state index contributed by atoms with van der Waals surface area (Å²) in [5, 5.41) is 12.5. The molecule has 0 heterocycles. The number of hydrogen-bond donors (Lipinski definition) is 1. The van der Waals surface area contributed by atoms with Gasteiger partial charge in [-0.3, -0.25) is 5.32 Å². The van der Waals surface area contributed by atoms with Crippen LogP contribution >= 0.6 is 0 Å². The fourth-order valence-corrected chi connectivity index (χ4v) is 2.31. The third-order valence-corrected chi connectivity index (χ3v) is 3.13. The van der Waals surface area contributed by atoms with E-state index >= 15 is 0 Å². The highest BCUT2D eigenvalue weighted by atomic mass is 15.1. The van der Waals surface area contributed by atoms with Crippen LogP contribution in [0.15, 0.2) is 18.2 Å². The minimum absolute atomic E-state index is 0.513. The first-order valence-corrected chi connectivity index (χ1v) is 6.36. The van der Waals surface area contributed by atoms with Gasteiger partial charge in [-0.15, -0.1) is 0 Å². The Kier molecular flexibility index (Phi) is 4.75. The van der Waals surface area contributed by atoms with Gasteiger partial charge >= 0.3 is 0 Å². The summed E-state index contributed by atoms with van der Waals surface area (Å²) in [7, 11) is 2.03. The molecule has 1 unspecified atom stereocenters. The summed E-state index contributed by atoms with van der Waals surface area (Å²) in [4.78, 5) is 2.14. The van der Waals surface area contributed by atoms with Crippen LogP contribution in [0, 0.1) is 25.2 Å². The molecule has 0 aromatic heterocycles. The standard InChI is InChI=1S/C15H23N3/c1-6-17-15(4,10-16)11-18(5)14-8-7-12(2)9-13(14)3/h7-9,17H,6,11H2,1-5H3. The summed E-state index contributed by atoms with van der Waals surface area (Å²) in [6.07, 6.45) is 0. The van der Waals surface area contributed by atoms with Crippen molar-refractivity contribution in [2.45, 2.75) is 33.2 Å². The Bertz CT molecular complexity index is 448. The maximum absolute atomic E-state index is 9.29. The minimum atomic E-state index is -0.513. The summed E-state index contributed by atoms with van der Waals surface area (Å²) < 4.78 is 0. The Hall–Kier alpha value is -1.53. The van der Waals surface area contributed by atoms with Crippen LogP contribution in [0.4, 0.5) is 5.69 Å². The van der Waals surface area contributed by atoms with Gasteiger partial charge in [0.15, 0.2) is 0 Å². The highest BCUT2D eigenvalue weighted by molar-refractivity contribution is 5.54. The van der Waals surface area contributed by atoms with Crippen molar-refractivity contribution in [3.8, 4) is 6.07 Å². The molecule has 0 saturated heterocycles. The molecule has 0 fully saturated rings. The van der Waals surface area contributed by atoms with Crippen LogP contribution in [0.2, 0.25) is 0 Å².